The van der Waals surface area contributed by atoms with E-state index < -0.39 is 0 Å². The summed E-state index contributed by atoms with van der Waals surface area (Å²) in [7, 11) is 1.37. The lowest BCUT2D eigenvalue weighted by Crippen LogP contribution is -2.37. The van der Waals surface area contributed by atoms with Crippen LogP contribution in [0.5, 0.6) is 0 Å². The number of rotatable bonds is 5. The monoisotopic (exact) mass is 341 g/mol. The van der Waals surface area contributed by atoms with Gasteiger partial charge in [0.25, 0.3) is 0 Å². The second-order valence-corrected chi connectivity index (χ2v) is 5.98. The molecule has 0 amide bonds. The fourth-order valence-electron chi connectivity index (χ4n) is 2.48. The highest BCUT2D eigenvalue weighted by Gasteiger charge is 2.26. The van der Waals surface area contributed by atoms with Gasteiger partial charge in [0.2, 0.25) is 0 Å². The molecule has 2 rings (SSSR count). The highest BCUT2D eigenvalue weighted by atomic mass is 79.9. The van der Waals surface area contributed by atoms with E-state index in [0.717, 1.165) is 43.4 Å². The topological polar surface area (TPSA) is 38.8 Å². The fraction of sp³-hybridized carbons (Fsp3) is 0.533. The predicted octanol–water partition coefficient (Wildman–Crippen LogP) is 2.81. The first-order chi connectivity index (χ1) is 9.69. The van der Waals surface area contributed by atoms with E-state index in [1.165, 1.54) is 12.7 Å². The van der Waals surface area contributed by atoms with Crippen LogP contribution in [0.3, 0.4) is 0 Å². The van der Waals surface area contributed by atoms with Crippen LogP contribution in [0.1, 0.15) is 18.4 Å². The van der Waals surface area contributed by atoms with Crippen molar-refractivity contribution in [3.63, 3.8) is 0 Å². The smallest absolute Gasteiger partial charge is 0.303 e. The van der Waals surface area contributed by atoms with E-state index in [9.17, 15) is 4.79 Å². The van der Waals surface area contributed by atoms with E-state index in [4.69, 9.17) is 0 Å². The average Bonchev–Trinajstić information content (AvgIpc) is 2.47. The van der Waals surface area contributed by atoms with Crippen LogP contribution in [0, 0.1) is 5.92 Å². The van der Waals surface area contributed by atoms with Gasteiger partial charge in [-0.25, -0.2) is 4.79 Å². The second kappa shape index (κ2) is 7.76. The molecule has 1 saturated heterocycles. The fourth-order valence-corrected chi connectivity index (χ4v) is 2.75. The standard InChI is InChI=1S/C15H20BrNO3/c1-19-20-15(18)13-7-10-17(11-8-13)9-6-12-2-4-14(16)5-3-12/h2-5,13H,6-11H2,1H3. The van der Waals surface area contributed by atoms with Gasteiger partial charge >= 0.3 is 5.97 Å². The molecule has 0 radical (unpaired) electrons. The Morgan fingerprint density at radius 3 is 2.55 bits per heavy atom. The third-order valence-corrected chi connectivity index (χ3v) is 4.25. The minimum atomic E-state index is -0.236. The Morgan fingerprint density at radius 2 is 1.95 bits per heavy atom. The van der Waals surface area contributed by atoms with Crippen LogP contribution < -0.4 is 0 Å². The number of halogens is 1. The number of carbonyl (C=O) groups excluding carboxylic acids is 1. The first-order valence-electron chi connectivity index (χ1n) is 6.90. The maximum Gasteiger partial charge on any atom is 0.345 e. The van der Waals surface area contributed by atoms with Gasteiger partial charge in [0.1, 0.15) is 0 Å². The lowest BCUT2D eigenvalue weighted by molar-refractivity contribution is -0.260. The molecule has 5 heteroatoms. The van der Waals surface area contributed by atoms with Crippen LogP contribution in [0.15, 0.2) is 28.7 Å². The molecule has 1 heterocycles. The first kappa shape index (κ1) is 15.5. The van der Waals surface area contributed by atoms with Crippen molar-refractivity contribution in [2.75, 3.05) is 26.7 Å². The summed E-state index contributed by atoms with van der Waals surface area (Å²) in [6, 6.07) is 8.43. The summed E-state index contributed by atoms with van der Waals surface area (Å²) in [5.74, 6) is -0.251. The molecule has 0 aliphatic carbocycles. The van der Waals surface area contributed by atoms with Crippen molar-refractivity contribution < 1.29 is 14.6 Å². The number of carbonyl (C=O) groups is 1. The van der Waals surface area contributed by atoms with Crippen molar-refractivity contribution in [2.24, 2.45) is 5.92 Å². The lowest BCUT2D eigenvalue weighted by Gasteiger charge is -2.30. The van der Waals surface area contributed by atoms with Crippen molar-refractivity contribution in [1.82, 2.24) is 4.90 Å². The van der Waals surface area contributed by atoms with Crippen molar-refractivity contribution in [1.29, 1.82) is 0 Å². The molecule has 0 saturated carbocycles. The minimum absolute atomic E-state index is 0.0149. The lowest BCUT2D eigenvalue weighted by atomic mass is 9.97. The van der Waals surface area contributed by atoms with E-state index in [-0.39, 0.29) is 11.9 Å². The zero-order valence-electron chi connectivity index (χ0n) is 11.7. The molecule has 1 aromatic carbocycles. The van der Waals surface area contributed by atoms with Crippen molar-refractivity contribution in [3.05, 3.63) is 34.3 Å². The SMILES string of the molecule is COOC(=O)C1CCN(CCc2ccc(Br)cc2)CC1. The number of nitrogens with zero attached hydrogens (tertiary/aromatic N) is 1. The van der Waals surface area contributed by atoms with E-state index in [0.29, 0.717) is 0 Å². The van der Waals surface area contributed by atoms with Gasteiger partial charge in [-0.2, -0.15) is 4.89 Å². The Kier molecular flexibility index (Phi) is 6.01. The minimum Gasteiger partial charge on any atom is -0.303 e. The maximum atomic E-state index is 11.5. The zero-order valence-corrected chi connectivity index (χ0v) is 13.3. The van der Waals surface area contributed by atoms with Crippen molar-refractivity contribution in [3.8, 4) is 0 Å². The molecule has 4 nitrogen and oxygen atoms in total. The highest BCUT2D eigenvalue weighted by molar-refractivity contribution is 9.10. The number of likely N-dealkylation sites (tertiary alicyclic amines) is 1. The maximum absolute atomic E-state index is 11.5. The van der Waals surface area contributed by atoms with Crippen LogP contribution >= 0.6 is 15.9 Å². The summed E-state index contributed by atoms with van der Waals surface area (Å²) in [4.78, 5) is 23.0. The molecule has 1 aliphatic heterocycles. The van der Waals surface area contributed by atoms with Crippen LogP contribution in [0.2, 0.25) is 0 Å². The Morgan fingerprint density at radius 1 is 1.30 bits per heavy atom. The molecule has 1 aliphatic rings. The quantitative estimate of drug-likeness (QED) is 0.609. The normalized spacial score (nSPS) is 17.1. The molecule has 1 aromatic rings. The molecule has 0 unspecified atom stereocenters. The third kappa shape index (κ3) is 4.58. The predicted molar refractivity (Wildman–Crippen MR) is 80.1 cm³/mol. The summed E-state index contributed by atoms with van der Waals surface area (Å²) < 4.78 is 1.11. The first-order valence-corrected chi connectivity index (χ1v) is 7.69. The molecule has 1 fully saturated rings. The van der Waals surface area contributed by atoms with E-state index in [2.05, 4.69) is 54.9 Å². The molecule has 20 heavy (non-hydrogen) atoms. The Hall–Kier alpha value is -0.910. The van der Waals surface area contributed by atoms with Crippen LogP contribution in [0.25, 0.3) is 0 Å². The van der Waals surface area contributed by atoms with Gasteiger partial charge in [-0.15, -0.1) is 0 Å². The number of benzene rings is 1. The summed E-state index contributed by atoms with van der Waals surface area (Å²) >= 11 is 3.44. The Labute approximate surface area is 128 Å². The van der Waals surface area contributed by atoms with Gasteiger partial charge in [0.15, 0.2) is 0 Å². The van der Waals surface area contributed by atoms with Crippen LogP contribution in [-0.4, -0.2) is 37.6 Å². The van der Waals surface area contributed by atoms with E-state index >= 15 is 0 Å². The average molecular weight is 342 g/mol. The van der Waals surface area contributed by atoms with E-state index in [1.807, 2.05) is 0 Å². The molecular weight excluding hydrogens is 322 g/mol. The van der Waals surface area contributed by atoms with Gasteiger partial charge in [-0.3, -0.25) is 4.89 Å². The van der Waals surface area contributed by atoms with Crippen LogP contribution in [-0.2, 0) is 21.0 Å². The number of hydrogen-bond donors (Lipinski definition) is 0. The zero-order chi connectivity index (χ0) is 14.4. The molecule has 0 N–H and O–H groups in total. The second-order valence-electron chi connectivity index (χ2n) is 5.06. The van der Waals surface area contributed by atoms with Gasteiger partial charge in [-0.1, -0.05) is 28.1 Å². The van der Waals surface area contributed by atoms with Gasteiger partial charge in [-0.05, 0) is 50.0 Å². The molecule has 110 valence electrons. The number of piperidine rings is 1. The number of hydrogen-bond acceptors (Lipinski definition) is 4. The van der Waals surface area contributed by atoms with Gasteiger partial charge in [0.05, 0.1) is 13.0 Å². The largest absolute Gasteiger partial charge is 0.345 e. The highest BCUT2D eigenvalue weighted by Crippen LogP contribution is 2.19. The molecule has 0 atom stereocenters. The molecule has 0 bridgehead atoms. The summed E-state index contributed by atoms with van der Waals surface area (Å²) in [6.07, 6.45) is 2.74. The summed E-state index contributed by atoms with van der Waals surface area (Å²) in [6.45, 7) is 2.92. The third-order valence-electron chi connectivity index (χ3n) is 3.72. The van der Waals surface area contributed by atoms with Crippen LogP contribution in [0.4, 0.5) is 0 Å². The Balaban J connectivity index is 1.72. The van der Waals surface area contributed by atoms with Gasteiger partial charge < -0.3 is 4.90 Å². The Bertz CT molecular complexity index is 427. The van der Waals surface area contributed by atoms with Crippen molar-refractivity contribution in [2.45, 2.75) is 19.3 Å². The summed E-state index contributed by atoms with van der Waals surface area (Å²) in [5.41, 5.74) is 1.34. The van der Waals surface area contributed by atoms with E-state index in [1.54, 1.807) is 0 Å². The molecule has 0 aromatic heterocycles. The molecular formula is C15H20BrNO3. The van der Waals surface area contributed by atoms with Gasteiger partial charge in [0, 0.05) is 11.0 Å². The molecule has 0 spiro atoms. The van der Waals surface area contributed by atoms with Crippen molar-refractivity contribution >= 4 is 21.9 Å². The summed E-state index contributed by atoms with van der Waals surface area (Å²) in [5, 5.41) is 0.